The third-order valence-electron chi connectivity index (χ3n) is 4.43. The van der Waals surface area contributed by atoms with Gasteiger partial charge in [0.05, 0.1) is 0 Å². The van der Waals surface area contributed by atoms with E-state index in [1.54, 1.807) is 36.4 Å². The van der Waals surface area contributed by atoms with E-state index in [0.717, 1.165) is 16.7 Å². The van der Waals surface area contributed by atoms with E-state index < -0.39 is 5.91 Å². The molecule has 3 rings (SSSR count). The number of aryl methyl sites for hydroxylation is 1. The highest BCUT2D eigenvalue weighted by Gasteiger charge is 2.14. The van der Waals surface area contributed by atoms with Crippen molar-refractivity contribution in [1.29, 1.82) is 0 Å². The van der Waals surface area contributed by atoms with Gasteiger partial charge in [0.2, 0.25) is 0 Å². The van der Waals surface area contributed by atoms with Gasteiger partial charge in [-0.3, -0.25) is 9.59 Å². The molecular formula is C22H20ClN3O2. The lowest BCUT2D eigenvalue weighted by atomic mass is 10.1. The largest absolute Gasteiger partial charge is 0.347 e. The molecule has 0 aliphatic rings. The minimum absolute atomic E-state index is 0.155. The summed E-state index contributed by atoms with van der Waals surface area (Å²) in [5.41, 5.74) is 3.84. The fourth-order valence-corrected chi connectivity index (χ4v) is 2.87. The van der Waals surface area contributed by atoms with Crippen LogP contribution < -0.4 is 10.6 Å². The number of nitrogens with one attached hydrogen (secondary N) is 2. The van der Waals surface area contributed by atoms with Gasteiger partial charge in [0.15, 0.2) is 0 Å². The van der Waals surface area contributed by atoms with Crippen molar-refractivity contribution in [1.82, 2.24) is 10.3 Å². The second-order valence-corrected chi connectivity index (χ2v) is 6.79. The molecule has 0 spiro atoms. The van der Waals surface area contributed by atoms with Crippen LogP contribution >= 0.6 is 11.6 Å². The molecule has 1 aromatic heterocycles. The predicted molar refractivity (Wildman–Crippen MR) is 111 cm³/mol. The fourth-order valence-electron chi connectivity index (χ4n) is 2.69. The number of aromatic nitrogens is 1. The SMILES string of the molecule is Cc1ccccc1CNC(=O)c1cccc(C(=O)Nc2cccc(Cl)c2C)n1. The Kier molecular flexibility index (Phi) is 6.06. The summed E-state index contributed by atoms with van der Waals surface area (Å²) < 4.78 is 0. The van der Waals surface area contributed by atoms with Crippen LogP contribution in [0.4, 0.5) is 5.69 Å². The summed E-state index contributed by atoms with van der Waals surface area (Å²) in [6.07, 6.45) is 0. The molecule has 0 bridgehead atoms. The molecule has 0 saturated heterocycles. The van der Waals surface area contributed by atoms with Crippen LogP contribution in [0, 0.1) is 13.8 Å². The van der Waals surface area contributed by atoms with Crippen LogP contribution in [-0.4, -0.2) is 16.8 Å². The molecule has 5 nitrogen and oxygen atoms in total. The van der Waals surface area contributed by atoms with Gasteiger partial charge in [-0.2, -0.15) is 0 Å². The summed E-state index contributed by atoms with van der Waals surface area (Å²) in [7, 11) is 0. The van der Waals surface area contributed by atoms with Crippen LogP contribution in [0.5, 0.6) is 0 Å². The number of hydrogen-bond acceptors (Lipinski definition) is 3. The molecule has 0 aliphatic heterocycles. The van der Waals surface area contributed by atoms with E-state index in [-0.39, 0.29) is 17.3 Å². The van der Waals surface area contributed by atoms with E-state index in [1.165, 1.54) is 0 Å². The minimum Gasteiger partial charge on any atom is -0.347 e. The third kappa shape index (κ3) is 4.56. The molecule has 2 N–H and O–H groups in total. The number of nitrogens with zero attached hydrogens (tertiary/aromatic N) is 1. The number of pyridine rings is 1. The maximum absolute atomic E-state index is 12.5. The summed E-state index contributed by atoms with van der Waals surface area (Å²) in [4.78, 5) is 29.2. The normalized spacial score (nSPS) is 10.4. The van der Waals surface area contributed by atoms with E-state index in [9.17, 15) is 9.59 Å². The van der Waals surface area contributed by atoms with Crippen LogP contribution in [-0.2, 0) is 6.54 Å². The van der Waals surface area contributed by atoms with Crippen molar-refractivity contribution in [2.24, 2.45) is 0 Å². The highest BCUT2D eigenvalue weighted by atomic mass is 35.5. The summed E-state index contributed by atoms with van der Waals surface area (Å²) in [5, 5.41) is 6.18. The standard InChI is InChI=1S/C22H20ClN3O2/c1-14-7-3-4-8-16(14)13-24-21(27)19-11-6-12-20(25-19)22(28)26-18-10-5-9-17(23)15(18)2/h3-12H,13H2,1-2H3,(H,24,27)(H,26,28). The smallest absolute Gasteiger partial charge is 0.274 e. The quantitative estimate of drug-likeness (QED) is 0.668. The molecule has 3 aromatic rings. The monoisotopic (exact) mass is 393 g/mol. The van der Waals surface area contributed by atoms with E-state index in [0.29, 0.717) is 17.3 Å². The third-order valence-corrected chi connectivity index (χ3v) is 4.84. The zero-order chi connectivity index (χ0) is 20.1. The molecule has 28 heavy (non-hydrogen) atoms. The van der Waals surface area contributed by atoms with Crippen molar-refractivity contribution in [2.45, 2.75) is 20.4 Å². The molecule has 142 valence electrons. The maximum atomic E-state index is 12.5. The number of benzene rings is 2. The van der Waals surface area contributed by atoms with E-state index >= 15 is 0 Å². The summed E-state index contributed by atoms with van der Waals surface area (Å²) in [5.74, 6) is -0.740. The molecule has 2 amide bonds. The van der Waals surface area contributed by atoms with Gasteiger partial charge in [-0.05, 0) is 54.8 Å². The first kappa shape index (κ1) is 19.6. The second-order valence-electron chi connectivity index (χ2n) is 6.38. The molecule has 0 radical (unpaired) electrons. The second kappa shape index (κ2) is 8.67. The molecule has 2 aromatic carbocycles. The van der Waals surface area contributed by atoms with Crippen molar-refractivity contribution in [2.75, 3.05) is 5.32 Å². The van der Waals surface area contributed by atoms with Crippen molar-refractivity contribution in [3.8, 4) is 0 Å². The lowest BCUT2D eigenvalue weighted by Gasteiger charge is -2.10. The molecule has 0 fully saturated rings. The first-order valence-electron chi connectivity index (χ1n) is 8.82. The van der Waals surface area contributed by atoms with Gasteiger partial charge < -0.3 is 10.6 Å². The number of carbonyl (C=O) groups excluding carboxylic acids is 2. The Hall–Kier alpha value is -3.18. The van der Waals surface area contributed by atoms with Gasteiger partial charge in [-0.15, -0.1) is 0 Å². The number of amides is 2. The zero-order valence-electron chi connectivity index (χ0n) is 15.6. The van der Waals surface area contributed by atoms with Crippen LogP contribution in [0.2, 0.25) is 5.02 Å². The molecule has 1 heterocycles. The minimum atomic E-state index is -0.404. The van der Waals surface area contributed by atoms with Crippen molar-refractivity contribution in [3.05, 3.63) is 93.8 Å². The van der Waals surface area contributed by atoms with Crippen LogP contribution in [0.15, 0.2) is 60.7 Å². The van der Waals surface area contributed by atoms with E-state index in [2.05, 4.69) is 15.6 Å². The average Bonchev–Trinajstić information content (AvgIpc) is 2.70. The summed E-state index contributed by atoms with van der Waals surface area (Å²) in [6, 6.07) is 17.9. The Balaban J connectivity index is 1.70. The Morgan fingerprint density at radius 2 is 1.57 bits per heavy atom. The van der Waals surface area contributed by atoms with Crippen molar-refractivity contribution >= 4 is 29.1 Å². The first-order chi connectivity index (χ1) is 13.5. The molecular weight excluding hydrogens is 374 g/mol. The average molecular weight is 394 g/mol. The Bertz CT molecular complexity index is 1030. The van der Waals surface area contributed by atoms with Gasteiger partial charge in [-0.1, -0.05) is 48.0 Å². The Labute approximate surface area is 168 Å². The summed E-state index contributed by atoms with van der Waals surface area (Å²) in [6.45, 7) is 4.20. The predicted octanol–water partition coefficient (Wildman–Crippen LogP) is 4.53. The topological polar surface area (TPSA) is 71.1 Å². The number of anilines is 1. The van der Waals surface area contributed by atoms with Gasteiger partial charge in [-0.25, -0.2) is 4.98 Å². The van der Waals surface area contributed by atoms with Crippen molar-refractivity contribution < 1.29 is 9.59 Å². The lowest BCUT2D eigenvalue weighted by Crippen LogP contribution is -2.25. The number of carbonyl (C=O) groups is 2. The van der Waals surface area contributed by atoms with E-state index in [4.69, 9.17) is 11.6 Å². The first-order valence-corrected chi connectivity index (χ1v) is 9.19. The summed E-state index contributed by atoms with van der Waals surface area (Å²) >= 11 is 6.09. The number of hydrogen-bond donors (Lipinski definition) is 2. The van der Waals surface area contributed by atoms with Gasteiger partial charge in [0.25, 0.3) is 11.8 Å². The molecule has 0 aliphatic carbocycles. The highest BCUT2D eigenvalue weighted by Crippen LogP contribution is 2.23. The van der Waals surface area contributed by atoms with Crippen LogP contribution in [0.3, 0.4) is 0 Å². The zero-order valence-corrected chi connectivity index (χ0v) is 16.4. The Morgan fingerprint density at radius 3 is 2.32 bits per heavy atom. The van der Waals surface area contributed by atoms with Gasteiger partial charge >= 0.3 is 0 Å². The number of halogens is 1. The highest BCUT2D eigenvalue weighted by molar-refractivity contribution is 6.31. The fraction of sp³-hybridized carbons (Fsp3) is 0.136. The van der Waals surface area contributed by atoms with Crippen LogP contribution in [0.25, 0.3) is 0 Å². The molecule has 0 unspecified atom stereocenters. The number of rotatable bonds is 5. The molecule has 0 atom stereocenters. The van der Waals surface area contributed by atoms with Gasteiger partial charge in [0.1, 0.15) is 11.4 Å². The van der Waals surface area contributed by atoms with Crippen molar-refractivity contribution in [3.63, 3.8) is 0 Å². The maximum Gasteiger partial charge on any atom is 0.274 e. The van der Waals surface area contributed by atoms with E-state index in [1.807, 2.05) is 38.1 Å². The van der Waals surface area contributed by atoms with Crippen LogP contribution in [0.1, 0.15) is 37.7 Å². The van der Waals surface area contributed by atoms with Gasteiger partial charge in [0, 0.05) is 17.3 Å². The molecule has 6 heteroatoms. The lowest BCUT2D eigenvalue weighted by molar-refractivity contribution is 0.0945. The molecule has 0 saturated carbocycles. The Morgan fingerprint density at radius 1 is 0.893 bits per heavy atom.